The predicted octanol–water partition coefficient (Wildman–Crippen LogP) is 3.46. The molecule has 0 saturated heterocycles. The average molecular weight is 362 g/mol. The topological polar surface area (TPSA) is 81.5 Å². The van der Waals surface area contributed by atoms with Gasteiger partial charge in [0.1, 0.15) is 17.3 Å². The molecule has 1 aliphatic rings. The van der Waals surface area contributed by atoms with E-state index in [1.165, 1.54) is 6.42 Å². The van der Waals surface area contributed by atoms with E-state index in [1.807, 2.05) is 35.0 Å². The van der Waals surface area contributed by atoms with Crippen molar-refractivity contribution in [3.05, 3.63) is 36.2 Å². The molecule has 1 aromatic carbocycles. The smallest absolute Gasteiger partial charge is 0.182 e. The lowest BCUT2D eigenvalue weighted by molar-refractivity contribution is 0.415. The van der Waals surface area contributed by atoms with Crippen LogP contribution in [0, 0.1) is 11.3 Å². The summed E-state index contributed by atoms with van der Waals surface area (Å²) >= 11 is 0. The summed E-state index contributed by atoms with van der Waals surface area (Å²) in [5, 5.41) is 22.6. The summed E-state index contributed by atoms with van der Waals surface area (Å²) in [7, 11) is 1.65. The Labute approximate surface area is 158 Å². The van der Waals surface area contributed by atoms with E-state index in [1.54, 1.807) is 7.11 Å². The Balaban J connectivity index is 1.76. The van der Waals surface area contributed by atoms with Gasteiger partial charge in [-0.15, -0.1) is 10.2 Å². The van der Waals surface area contributed by atoms with Gasteiger partial charge in [0.05, 0.1) is 31.8 Å². The van der Waals surface area contributed by atoms with E-state index < -0.39 is 0 Å². The van der Waals surface area contributed by atoms with E-state index in [2.05, 4.69) is 20.8 Å². The predicted molar refractivity (Wildman–Crippen MR) is 101 cm³/mol. The van der Waals surface area contributed by atoms with Crippen molar-refractivity contribution in [3.8, 4) is 34.6 Å². The van der Waals surface area contributed by atoms with Crippen LogP contribution < -0.4 is 4.74 Å². The fourth-order valence-corrected chi connectivity index (χ4v) is 3.50. The van der Waals surface area contributed by atoms with Crippen LogP contribution in [0.3, 0.4) is 0 Å². The summed E-state index contributed by atoms with van der Waals surface area (Å²) in [6.07, 6.45) is 4.87. The fraction of sp³-hybridized carbons (Fsp3) is 0.400. The molecule has 1 aliphatic heterocycles. The second kappa shape index (κ2) is 7.62. The van der Waals surface area contributed by atoms with Gasteiger partial charge in [-0.2, -0.15) is 10.4 Å². The summed E-state index contributed by atoms with van der Waals surface area (Å²) in [4.78, 5) is 0. The molecule has 0 radical (unpaired) electrons. The van der Waals surface area contributed by atoms with Crippen LogP contribution in [0.1, 0.15) is 31.5 Å². The maximum atomic E-state index is 9.02. The molecule has 0 atom stereocenters. The molecule has 0 spiro atoms. The summed E-state index contributed by atoms with van der Waals surface area (Å²) < 4.78 is 9.33. The molecular weight excluding hydrogens is 340 g/mol. The fourth-order valence-electron chi connectivity index (χ4n) is 3.50. The molecule has 0 N–H and O–H groups in total. The van der Waals surface area contributed by atoms with E-state index in [0.29, 0.717) is 13.0 Å². The van der Waals surface area contributed by atoms with Gasteiger partial charge in [0.2, 0.25) is 0 Å². The molecule has 3 heterocycles. The Morgan fingerprint density at radius 1 is 1.15 bits per heavy atom. The number of benzene rings is 1. The number of hydrogen-bond acceptors (Lipinski definition) is 5. The SMILES string of the molecule is COc1ccc(-c2cc(-c3nnc4n3CCCCC4)n(CCC#N)n2)cc1. The third-order valence-corrected chi connectivity index (χ3v) is 4.94. The van der Waals surface area contributed by atoms with Crippen molar-refractivity contribution in [3.63, 3.8) is 0 Å². The zero-order valence-corrected chi connectivity index (χ0v) is 15.4. The summed E-state index contributed by atoms with van der Waals surface area (Å²) in [6, 6.07) is 12.1. The number of nitriles is 1. The lowest BCUT2D eigenvalue weighted by Crippen LogP contribution is -2.08. The van der Waals surface area contributed by atoms with Crippen LogP contribution in [0.25, 0.3) is 22.8 Å². The number of aryl methyl sites for hydroxylation is 2. The van der Waals surface area contributed by atoms with Crippen LogP contribution in [0.2, 0.25) is 0 Å². The zero-order chi connectivity index (χ0) is 18.6. The Morgan fingerprint density at radius 2 is 2.00 bits per heavy atom. The summed E-state index contributed by atoms with van der Waals surface area (Å²) in [5.74, 6) is 2.70. The molecular formula is C20H22N6O. The van der Waals surface area contributed by atoms with E-state index in [4.69, 9.17) is 15.1 Å². The van der Waals surface area contributed by atoms with Crippen molar-refractivity contribution in [1.29, 1.82) is 5.26 Å². The average Bonchev–Trinajstić information content (AvgIpc) is 3.23. The number of fused-ring (bicyclic) bond motifs is 1. The highest BCUT2D eigenvalue weighted by Crippen LogP contribution is 2.28. The number of methoxy groups -OCH3 is 1. The molecule has 3 aromatic rings. The number of rotatable bonds is 5. The van der Waals surface area contributed by atoms with Gasteiger partial charge < -0.3 is 9.30 Å². The Kier molecular flexibility index (Phi) is 4.88. The first-order valence-corrected chi connectivity index (χ1v) is 9.32. The Bertz CT molecular complexity index is 964. The molecule has 4 rings (SSSR count). The number of aromatic nitrogens is 5. The van der Waals surface area contributed by atoms with Gasteiger partial charge in [-0.25, -0.2) is 0 Å². The minimum atomic E-state index is 0.401. The Morgan fingerprint density at radius 3 is 2.78 bits per heavy atom. The number of hydrogen-bond donors (Lipinski definition) is 0. The molecule has 138 valence electrons. The van der Waals surface area contributed by atoms with Crippen LogP contribution in [0.15, 0.2) is 30.3 Å². The second-order valence-corrected chi connectivity index (χ2v) is 6.68. The van der Waals surface area contributed by atoms with E-state index >= 15 is 0 Å². The normalized spacial score (nSPS) is 13.6. The quantitative estimate of drug-likeness (QED) is 0.694. The van der Waals surface area contributed by atoms with Crippen molar-refractivity contribution >= 4 is 0 Å². The molecule has 0 fully saturated rings. The maximum Gasteiger partial charge on any atom is 0.182 e. The third-order valence-electron chi connectivity index (χ3n) is 4.94. The highest BCUT2D eigenvalue weighted by atomic mass is 16.5. The van der Waals surface area contributed by atoms with Crippen LogP contribution in [0.5, 0.6) is 5.75 Å². The molecule has 0 amide bonds. The summed E-state index contributed by atoms with van der Waals surface area (Å²) in [5.41, 5.74) is 2.77. The zero-order valence-electron chi connectivity index (χ0n) is 15.4. The lowest BCUT2D eigenvalue weighted by Gasteiger charge is -2.08. The molecule has 0 aliphatic carbocycles. The van der Waals surface area contributed by atoms with Crippen molar-refractivity contribution in [2.45, 2.75) is 45.2 Å². The van der Waals surface area contributed by atoms with Gasteiger partial charge in [0.25, 0.3) is 0 Å². The first-order chi connectivity index (χ1) is 13.3. The van der Waals surface area contributed by atoms with Gasteiger partial charge in [-0.3, -0.25) is 4.68 Å². The maximum absolute atomic E-state index is 9.02. The number of ether oxygens (including phenoxy) is 1. The first kappa shape index (κ1) is 17.3. The van der Waals surface area contributed by atoms with Gasteiger partial charge >= 0.3 is 0 Å². The summed E-state index contributed by atoms with van der Waals surface area (Å²) in [6.45, 7) is 1.46. The van der Waals surface area contributed by atoms with Gasteiger partial charge in [0.15, 0.2) is 5.82 Å². The van der Waals surface area contributed by atoms with Crippen molar-refractivity contribution in [2.75, 3.05) is 7.11 Å². The van der Waals surface area contributed by atoms with E-state index in [9.17, 15) is 0 Å². The van der Waals surface area contributed by atoms with Crippen LogP contribution in [-0.4, -0.2) is 31.7 Å². The van der Waals surface area contributed by atoms with Gasteiger partial charge in [0, 0.05) is 18.5 Å². The minimum absolute atomic E-state index is 0.401. The lowest BCUT2D eigenvalue weighted by atomic mass is 10.1. The molecule has 0 bridgehead atoms. The van der Waals surface area contributed by atoms with Crippen molar-refractivity contribution < 1.29 is 4.74 Å². The second-order valence-electron chi connectivity index (χ2n) is 6.68. The van der Waals surface area contributed by atoms with E-state index in [-0.39, 0.29) is 0 Å². The van der Waals surface area contributed by atoms with Crippen LogP contribution >= 0.6 is 0 Å². The Hall–Kier alpha value is -3.14. The molecule has 0 saturated carbocycles. The number of nitrogens with zero attached hydrogens (tertiary/aromatic N) is 6. The van der Waals surface area contributed by atoms with Crippen molar-refractivity contribution in [2.24, 2.45) is 0 Å². The molecule has 7 nitrogen and oxygen atoms in total. The molecule has 0 unspecified atom stereocenters. The molecule has 2 aromatic heterocycles. The third kappa shape index (κ3) is 3.43. The van der Waals surface area contributed by atoms with Crippen LogP contribution in [-0.2, 0) is 19.5 Å². The highest BCUT2D eigenvalue weighted by molar-refractivity contribution is 5.66. The van der Waals surface area contributed by atoms with Crippen molar-refractivity contribution in [1.82, 2.24) is 24.5 Å². The van der Waals surface area contributed by atoms with E-state index in [0.717, 1.165) is 60.2 Å². The first-order valence-electron chi connectivity index (χ1n) is 9.32. The molecule has 7 heteroatoms. The minimum Gasteiger partial charge on any atom is -0.497 e. The monoisotopic (exact) mass is 362 g/mol. The molecule has 27 heavy (non-hydrogen) atoms. The highest BCUT2D eigenvalue weighted by Gasteiger charge is 2.20. The largest absolute Gasteiger partial charge is 0.497 e. The van der Waals surface area contributed by atoms with Crippen LogP contribution in [0.4, 0.5) is 0 Å². The van der Waals surface area contributed by atoms with Gasteiger partial charge in [-0.1, -0.05) is 6.42 Å². The standard InChI is InChI=1S/C20H22N6O/c1-27-16-9-7-15(8-10-16)17-14-18(26(24-17)13-5-11-21)20-23-22-19-6-3-2-4-12-25(19)20/h7-10,14H,2-6,12-13H2,1H3. The van der Waals surface area contributed by atoms with Gasteiger partial charge in [-0.05, 0) is 43.2 Å².